The Balaban J connectivity index is 1.11. The van der Waals surface area contributed by atoms with E-state index in [1.165, 1.54) is 31.4 Å². The molecule has 1 aliphatic carbocycles. The van der Waals surface area contributed by atoms with E-state index in [-0.39, 0.29) is 41.7 Å². The first-order chi connectivity index (χ1) is 21.6. The number of nitrogens with two attached hydrogens (primary N) is 1. The van der Waals surface area contributed by atoms with Crippen molar-refractivity contribution in [2.24, 2.45) is 5.73 Å². The fourth-order valence-corrected chi connectivity index (χ4v) is 6.32. The summed E-state index contributed by atoms with van der Waals surface area (Å²) in [4.78, 5) is 33.5. The van der Waals surface area contributed by atoms with E-state index in [0.717, 1.165) is 50.4 Å². The van der Waals surface area contributed by atoms with Gasteiger partial charge in [0.05, 0.1) is 17.1 Å². The topological polar surface area (TPSA) is 156 Å². The smallest absolute Gasteiger partial charge is 0.322 e. The van der Waals surface area contributed by atoms with Crippen LogP contribution >= 0.6 is 0 Å². The molecule has 2 heterocycles. The van der Waals surface area contributed by atoms with Crippen molar-refractivity contribution < 1.29 is 31.9 Å². The summed E-state index contributed by atoms with van der Waals surface area (Å²) in [7, 11) is -2.13. The molecule has 2 aliphatic rings. The molecule has 14 heteroatoms. The molecule has 1 aromatic heterocycles. The largest absolute Gasteiger partial charge is 0.439 e. The molecule has 1 saturated carbocycles. The number of aromatic nitrogens is 1. The van der Waals surface area contributed by atoms with Crippen LogP contribution in [0.5, 0.6) is 11.6 Å². The number of rotatable bonds is 13. The molecule has 1 saturated heterocycles. The summed E-state index contributed by atoms with van der Waals surface area (Å²) < 4.78 is 51.7. The number of nitrogens with one attached hydrogen (secondary N) is 2. The van der Waals surface area contributed by atoms with E-state index < -0.39 is 21.7 Å². The van der Waals surface area contributed by atoms with Crippen molar-refractivity contribution in [2.75, 3.05) is 38.7 Å². The molecule has 0 atom stereocenters. The van der Waals surface area contributed by atoms with Crippen LogP contribution in [0.15, 0.2) is 65.7 Å². The summed E-state index contributed by atoms with van der Waals surface area (Å²) in [5.74, 6) is -0.761. The van der Waals surface area contributed by atoms with E-state index in [0.29, 0.717) is 23.9 Å². The van der Waals surface area contributed by atoms with E-state index in [9.17, 15) is 22.4 Å². The van der Waals surface area contributed by atoms with Gasteiger partial charge in [0.2, 0.25) is 15.9 Å². The highest BCUT2D eigenvalue weighted by molar-refractivity contribution is 7.89. The SMILES string of the molecule is COCCNS(=O)(=O)c1ccc(Oc2ccc(CN3CCC(N(C(=O)Nc4ccc(F)c(C(N)=O)c4)C4CC4)CC3)cn2)cc1. The van der Waals surface area contributed by atoms with Crippen molar-refractivity contribution in [3.63, 3.8) is 0 Å². The Bertz CT molecular complexity index is 1590. The fraction of sp³-hybridized carbons (Fsp3) is 0.387. The summed E-state index contributed by atoms with van der Waals surface area (Å²) in [6.07, 6.45) is 5.26. The molecule has 5 rings (SSSR count). The maximum Gasteiger partial charge on any atom is 0.322 e. The Morgan fingerprint density at radius 1 is 1.04 bits per heavy atom. The second-order valence-corrected chi connectivity index (χ2v) is 12.9. The van der Waals surface area contributed by atoms with E-state index >= 15 is 0 Å². The zero-order chi connectivity index (χ0) is 32.0. The van der Waals surface area contributed by atoms with Crippen LogP contribution in [-0.4, -0.2) is 80.6 Å². The predicted octanol–water partition coefficient (Wildman–Crippen LogP) is 3.70. The van der Waals surface area contributed by atoms with Crippen molar-refractivity contribution in [1.82, 2.24) is 19.5 Å². The van der Waals surface area contributed by atoms with E-state index in [1.807, 2.05) is 11.0 Å². The number of carbonyl (C=O) groups excluding carboxylic acids is 2. The Hall–Kier alpha value is -4.11. The Labute approximate surface area is 261 Å². The molecule has 0 radical (unpaired) electrons. The number of hydrogen-bond acceptors (Lipinski definition) is 8. The number of pyridine rings is 1. The number of piperidine rings is 1. The van der Waals surface area contributed by atoms with Gasteiger partial charge in [0.15, 0.2) is 0 Å². The van der Waals surface area contributed by atoms with Crippen LogP contribution in [0.25, 0.3) is 0 Å². The van der Waals surface area contributed by atoms with E-state index in [1.54, 1.807) is 24.4 Å². The number of carbonyl (C=O) groups is 2. The van der Waals surface area contributed by atoms with Crippen LogP contribution in [-0.2, 0) is 21.3 Å². The Morgan fingerprint density at radius 3 is 2.38 bits per heavy atom. The van der Waals surface area contributed by atoms with Crippen LogP contribution in [0.3, 0.4) is 0 Å². The third kappa shape index (κ3) is 8.54. The molecule has 4 N–H and O–H groups in total. The van der Waals surface area contributed by atoms with Crippen molar-refractivity contribution in [3.05, 3.63) is 77.7 Å². The lowest BCUT2D eigenvalue weighted by Gasteiger charge is -2.38. The van der Waals surface area contributed by atoms with Gasteiger partial charge in [-0.05, 0) is 73.7 Å². The molecule has 240 valence electrons. The molecule has 2 aromatic carbocycles. The van der Waals surface area contributed by atoms with Crippen LogP contribution in [0.1, 0.15) is 41.6 Å². The molecular formula is C31H37FN6O6S. The number of anilines is 1. The van der Waals surface area contributed by atoms with Gasteiger partial charge in [-0.15, -0.1) is 0 Å². The highest BCUT2D eigenvalue weighted by atomic mass is 32.2. The van der Waals surface area contributed by atoms with Gasteiger partial charge in [0, 0.05) is 63.3 Å². The minimum atomic E-state index is -3.63. The number of sulfonamides is 1. The summed E-state index contributed by atoms with van der Waals surface area (Å²) in [5.41, 5.74) is 6.33. The van der Waals surface area contributed by atoms with Crippen LogP contribution in [0.2, 0.25) is 0 Å². The summed E-state index contributed by atoms with van der Waals surface area (Å²) >= 11 is 0. The highest BCUT2D eigenvalue weighted by Crippen LogP contribution is 2.33. The van der Waals surface area contributed by atoms with Gasteiger partial charge in [-0.1, -0.05) is 6.07 Å². The average molecular weight is 641 g/mol. The molecule has 12 nitrogen and oxygen atoms in total. The number of amides is 3. The molecule has 3 aromatic rings. The highest BCUT2D eigenvalue weighted by Gasteiger charge is 2.38. The monoisotopic (exact) mass is 640 g/mol. The quantitative estimate of drug-likeness (QED) is 0.239. The molecule has 1 aliphatic heterocycles. The van der Waals surface area contributed by atoms with Crippen molar-refractivity contribution in [3.8, 4) is 11.6 Å². The molecule has 2 fully saturated rings. The first-order valence-electron chi connectivity index (χ1n) is 14.8. The number of ether oxygens (including phenoxy) is 2. The van der Waals surface area contributed by atoms with Crippen molar-refractivity contribution in [1.29, 1.82) is 0 Å². The van der Waals surface area contributed by atoms with Crippen LogP contribution < -0.4 is 20.5 Å². The van der Waals surface area contributed by atoms with Crippen LogP contribution in [0, 0.1) is 5.82 Å². The normalized spacial score (nSPS) is 15.9. The van der Waals surface area contributed by atoms with Gasteiger partial charge in [0.1, 0.15) is 11.6 Å². The summed E-state index contributed by atoms with van der Waals surface area (Å²) in [6, 6.07) is 13.6. The maximum atomic E-state index is 13.9. The molecular weight excluding hydrogens is 603 g/mol. The van der Waals surface area contributed by atoms with E-state index in [2.05, 4.69) is 19.9 Å². The first kappa shape index (κ1) is 32.3. The minimum Gasteiger partial charge on any atom is -0.439 e. The fourth-order valence-electron chi connectivity index (χ4n) is 5.31. The number of hydrogen-bond donors (Lipinski definition) is 3. The molecule has 45 heavy (non-hydrogen) atoms. The van der Waals surface area contributed by atoms with Gasteiger partial charge in [-0.3, -0.25) is 9.69 Å². The van der Waals surface area contributed by atoms with Gasteiger partial charge >= 0.3 is 6.03 Å². The number of likely N-dealkylation sites (tertiary alicyclic amines) is 1. The number of halogens is 1. The standard InChI is InChI=1S/C31H37FN6O6S/c1-43-17-14-35-45(41,42)26-8-6-25(7-9-26)44-29-11-2-21(19-34-29)20-37-15-12-24(13-16-37)38(23-4-5-23)31(40)36-22-3-10-28(32)27(18-22)30(33)39/h2-3,6-11,18-19,23-24,35H,4-5,12-17,20H2,1H3,(H2,33,39)(H,36,40). The first-order valence-corrected chi connectivity index (χ1v) is 16.2. The molecule has 0 unspecified atom stereocenters. The second-order valence-electron chi connectivity index (χ2n) is 11.1. The van der Waals surface area contributed by atoms with Crippen LogP contribution in [0.4, 0.5) is 14.9 Å². The number of benzene rings is 2. The van der Waals surface area contributed by atoms with E-state index in [4.69, 9.17) is 15.2 Å². The minimum absolute atomic E-state index is 0.0706. The van der Waals surface area contributed by atoms with Gasteiger partial charge < -0.3 is 25.4 Å². The lowest BCUT2D eigenvalue weighted by Crippen LogP contribution is -2.49. The number of methoxy groups -OCH3 is 1. The summed E-state index contributed by atoms with van der Waals surface area (Å²) in [6.45, 7) is 2.76. The van der Waals surface area contributed by atoms with Gasteiger partial charge in [0.25, 0.3) is 5.91 Å². The van der Waals surface area contributed by atoms with Gasteiger partial charge in [-0.2, -0.15) is 0 Å². The third-order valence-corrected chi connectivity index (χ3v) is 9.24. The number of nitrogens with zero attached hydrogens (tertiary/aromatic N) is 3. The van der Waals surface area contributed by atoms with Gasteiger partial charge in [-0.25, -0.2) is 27.3 Å². The van der Waals surface area contributed by atoms with Crippen molar-refractivity contribution in [2.45, 2.75) is 49.2 Å². The Morgan fingerprint density at radius 2 is 1.76 bits per heavy atom. The predicted molar refractivity (Wildman–Crippen MR) is 165 cm³/mol. The summed E-state index contributed by atoms with van der Waals surface area (Å²) in [5, 5.41) is 2.82. The lowest BCUT2D eigenvalue weighted by molar-refractivity contribution is 0.0996. The van der Waals surface area contributed by atoms with Crippen molar-refractivity contribution >= 4 is 27.6 Å². The number of primary amides is 1. The Kier molecular flexibility index (Phi) is 10.3. The maximum absolute atomic E-state index is 13.9. The molecule has 0 bridgehead atoms. The number of urea groups is 1. The lowest BCUT2D eigenvalue weighted by atomic mass is 10.0. The second kappa shape index (κ2) is 14.3. The zero-order valence-corrected chi connectivity index (χ0v) is 25.8. The third-order valence-electron chi connectivity index (χ3n) is 7.77. The molecule has 3 amide bonds. The molecule has 0 spiro atoms. The zero-order valence-electron chi connectivity index (χ0n) is 24.9. The average Bonchev–Trinajstić information content (AvgIpc) is 3.85.